The highest BCUT2D eigenvalue weighted by Gasteiger charge is 2.19. The topological polar surface area (TPSA) is 56.3 Å². The summed E-state index contributed by atoms with van der Waals surface area (Å²) in [5.74, 6) is 1.65. The Kier molecular flexibility index (Phi) is 5.87. The molecule has 3 heterocycles. The normalized spacial score (nSPS) is 16.0. The molecule has 0 bridgehead atoms. The first-order valence-electron chi connectivity index (χ1n) is 9.65. The van der Waals surface area contributed by atoms with Crippen molar-refractivity contribution in [2.24, 2.45) is 0 Å². The summed E-state index contributed by atoms with van der Waals surface area (Å²) in [5, 5.41) is 11.0. The summed E-state index contributed by atoms with van der Waals surface area (Å²) in [5.41, 5.74) is 3.03. The van der Waals surface area contributed by atoms with Crippen molar-refractivity contribution < 1.29 is 4.42 Å². The molecule has 0 amide bonds. The average molecular weight is 393 g/mol. The second kappa shape index (κ2) is 8.70. The third-order valence-corrected chi connectivity index (χ3v) is 6.03. The van der Waals surface area contributed by atoms with Gasteiger partial charge < -0.3 is 4.42 Å². The van der Waals surface area contributed by atoms with E-state index in [1.807, 2.05) is 36.6 Å². The standard InChI is InChI=1S/C22H24N4OS/c1-17-20(24-22(27-17)21-4-2-13-28-21)16-26-10-3-9-25(11-12-26)15-19-7-5-18(14-23)6-8-19/h2,4-8,13H,3,9-12,15-16H2,1H3. The molecule has 0 radical (unpaired) electrons. The molecule has 5 nitrogen and oxygen atoms in total. The first-order valence-corrected chi connectivity index (χ1v) is 10.5. The third kappa shape index (κ3) is 4.50. The van der Waals surface area contributed by atoms with Gasteiger partial charge in [-0.25, -0.2) is 4.98 Å². The van der Waals surface area contributed by atoms with Gasteiger partial charge in [-0.2, -0.15) is 5.26 Å². The molecular formula is C22H24N4OS. The van der Waals surface area contributed by atoms with Crippen LogP contribution in [-0.4, -0.2) is 41.0 Å². The minimum absolute atomic E-state index is 0.718. The van der Waals surface area contributed by atoms with Gasteiger partial charge in [0, 0.05) is 26.2 Å². The van der Waals surface area contributed by atoms with Gasteiger partial charge in [0.15, 0.2) is 0 Å². The van der Waals surface area contributed by atoms with E-state index in [0.29, 0.717) is 0 Å². The molecule has 0 aliphatic carbocycles. The first kappa shape index (κ1) is 18.9. The molecule has 4 rings (SSSR count). The summed E-state index contributed by atoms with van der Waals surface area (Å²) in [6.45, 7) is 8.01. The number of aromatic nitrogens is 1. The molecule has 1 fully saturated rings. The molecule has 3 aromatic rings. The lowest BCUT2D eigenvalue weighted by Gasteiger charge is -2.21. The minimum atomic E-state index is 0.718. The number of hydrogen-bond donors (Lipinski definition) is 0. The Bertz CT molecular complexity index is 940. The van der Waals surface area contributed by atoms with Crippen LogP contribution in [0.25, 0.3) is 10.8 Å². The molecule has 0 N–H and O–H groups in total. The molecule has 144 valence electrons. The van der Waals surface area contributed by atoms with Gasteiger partial charge in [-0.05, 0) is 55.6 Å². The number of rotatable bonds is 5. The van der Waals surface area contributed by atoms with Crippen molar-refractivity contribution in [3.05, 3.63) is 64.4 Å². The Morgan fingerprint density at radius 1 is 1.07 bits per heavy atom. The Balaban J connectivity index is 1.34. The van der Waals surface area contributed by atoms with Crippen LogP contribution in [0.5, 0.6) is 0 Å². The lowest BCUT2D eigenvalue weighted by atomic mass is 10.1. The fourth-order valence-corrected chi connectivity index (χ4v) is 4.22. The molecule has 6 heteroatoms. The van der Waals surface area contributed by atoms with Crippen molar-refractivity contribution in [3.63, 3.8) is 0 Å². The van der Waals surface area contributed by atoms with Gasteiger partial charge in [-0.3, -0.25) is 9.80 Å². The number of hydrogen-bond acceptors (Lipinski definition) is 6. The lowest BCUT2D eigenvalue weighted by molar-refractivity contribution is 0.245. The number of nitrogens with zero attached hydrogens (tertiary/aromatic N) is 4. The van der Waals surface area contributed by atoms with E-state index in [9.17, 15) is 0 Å². The van der Waals surface area contributed by atoms with Crippen molar-refractivity contribution in [2.75, 3.05) is 26.2 Å². The summed E-state index contributed by atoms with van der Waals surface area (Å²) < 4.78 is 5.89. The molecule has 1 aliphatic rings. The maximum absolute atomic E-state index is 8.93. The van der Waals surface area contributed by atoms with Crippen molar-refractivity contribution in [1.82, 2.24) is 14.8 Å². The van der Waals surface area contributed by atoms with E-state index in [-0.39, 0.29) is 0 Å². The molecule has 2 aromatic heterocycles. The predicted octanol–water partition coefficient (Wildman–Crippen LogP) is 4.29. The van der Waals surface area contributed by atoms with Gasteiger partial charge in [0.1, 0.15) is 5.76 Å². The monoisotopic (exact) mass is 392 g/mol. The summed E-state index contributed by atoms with van der Waals surface area (Å²) in [6, 6.07) is 14.2. The fraction of sp³-hybridized carbons (Fsp3) is 0.364. The van der Waals surface area contributed by atoms with Crippen LogP contribution in [-0.2, 0) is 13.1 Å². The van der Waals surface area contributed by atoms with E-state index in [1.54, 1.807) is 11.3 Å². The van der Waals surface area contributed by atoms with Gasteiger partial charge in [0.25, 0.3) is 0 Å². The molecule has 1 aliphatic heterocycles. The Morgan fingerprint density at radius 2 is 1.82 bits per heavy atom. The molecular weight excluding hydrogens is 368 g/mol. The predicted molar refractivity (Wildman–Crippen MR) is 111 cm³/mol. The van der Waals surface area contributed by atoms with E-state index in [4.69, 9.17) is 14.7 Å². The molecule has 0 unspecified atom stereocenters. The zero-order valence-electron chi connectivity index (χ0n) is 16.1. The molecule has 0 spiro atoms. The lowest BCUT2D eigenvalue weighted by Crippen LogP contribution is -2.30. The quantitative estimate of drug-likeness (QED) is 0.648. The van der Waals surface area contributed by atoms with Crippen LogP contribution in [0.4, 0.5) is 0 Å². The summed E-state index contributed by atoms with van der Waals surface area (Å²) in [7, 11) is 0. The van der Waals surface area contributed by atoms with Gasteiger partial charge >= 0.3 is 0 Å². The van der Waals surface area contributed by atoms with Gasteiger partial charge in [-0.15, -0.1) is 11.3 Å². The van der Waals surface area contributed by atoms with E-state index < -0.39 is 0 Å². The number of thiophene rings is 1. The minimum Gasteiger partial charge on any atom is -0.440 e. The van der Waals surface area contributed by atoms with Crippen molar-refractivity contribution >= 4 is 11.3 Å². The van der Waals surface area contributed by atoms with Crippen LogP contribution in [0.1, 0.15) is 29.0 Å². The summed E-state index contributed by atoms with van der Waals surface area (Å²) >= 11 is 1.66. The van der Waals surface area contributed by atoms with Gasteiger partial charge in [0.05, 0.1) is 22.2 Å². The van der Waals surface area contributed by atoms with Gasteiger partial charge in [0.2, 0.25) is 5.89 Å². The Morgan fingerprint density at radius 3 is 2.50 bits per heavy atom. The van der Waals surface area contributed by atoms with Crippen molar-refractivity contribution in [3.8, 4) is 16.8 Å². The number of nitriles is 1. The highest BCUT2D eigenvalue weighted by molar-refractivity contribution is 7.13. The smallest absolute Gasteiger partial charge is 0.236 e. The fourth-order valence-electron chi connectivity index (χ4n) is 3.58. The zero-order valence-corrected chi connectivity index (χ0v) is 16.9. The molecule has 0 saturated carbocycles. The van der Waals surface area contributed by atoms with Crippen molar-refractivity contribution in [1.29, 1.82) is 5.26 Å². The second-order valence-corrected chi connectivity index (χ2v) is 8.16. The summed E-state index contributed by atoms with van der Waals surface area (Å²) in [4.78, 5) is 10.8. The highest BCUT2D eigenvalue weighted by Crippen LogP contribution is 2.26. The largest absolute Gasteiger partial charge is 0.440 e. The Hall–Kier alpha value is -2.46. The number of oxazole rings is 1. The third-order valence-electron chi connectivity index (χ3n) is 5.17. The molecule has 1 saturated heterocycles. The SMILES string of the molecule is Cc1oc(-c2cccs2)nc1CN1CCCN(Cc2ccc(C#N)cc2)CC1. The Labute approximate surface area is 169 Å². The molecule has 1 aromatic carbocycles. The van der Waals surface area contributed by atoms with Gasteiger partial charge in [-0.1, -0.05) is 18.2 Å². The zero-order chi connectivity index (χ0) is 19.3. The van der Waals surface area contributed by atoms with E-state index >= 15 is 0 Å². The second-order valence-electron chi connectivity index (χ2n) is 7.21. The van der Waals surface area contributed by atoms with Crippen LogP contribution in [0, 0.1) is 18.3 Å². The summed E-state index contributed by atoms with van der Waals surface area (Å²) in [6.07, 6.45) is 1.14. The van der Waals surface area contributed by atoms with E-state index in [1.165, 1.54) is 5.56 Å². The van der Waals surface area contributed by atoms with Crippen LogP contribution in [0.3, 0.4) is 0 Å². The molecule has 0 atom stereocenters. The van der Waals surface area contributed by atoms with Crippen LogP contribution in [0.15, 0.2) is 46.2 Å². The van der Waals surface area contributed by atoms with Crippen LogP contribution in [0.2, 0.25) is 0 Å². The van der Waals surface area contributed by atoms with Crippen molar-refractivity contribution in [2.45, 2.75) is 26.4 Å². The first-order chi connectivity index (χ1) is 13.7. The van der Waals surface area contributed by atoms with E-state index in [0.717, 1.165) is 73.5 Å². The van der Waals surface area contributed by atoms with E-state index in [2.05, 4.69) is 28.0 Å². The maximum Gasteiger partial charge on any atom is 0.236 e. The maximum atomic E-state index is 8.93. The average Bonchev–Trinajstić information content (AvgIpc) is 3.31. The number of aryl methyl sites for hydroxylation is 1. The van der Waals surface area contributed by atoms with Crippen LogP contribution >= 0.6 is 11.3 Å². The van der Waals surface area contributed by atoms with Crippen LogP contribution < -0.4 is 0 Å². The molecule has 28 heavy (non-hydrogen) atoms. The number of benzene rings is 1. The highest BCUT2D eigenvalue weighted by atomic mass is 32.1.